The van der Waals surface area contributed by atoms with Crippen LogP contribution in [-0.4, -0.2) is 56.4 Å². The molecule has 1 saturated heterocycles. The summed E-state index contributed by atoms with van der Waals surface area (Å²) in [5, 5.41) is 0. The molecule has 0 aromatic heterocycles. The van der Waals surface area contributed by atoms with Crippen LogP contribution in [0.4, 0.5) is 5.69 Å². The molecule has 2 aliphatic heterocycles. The number of benzene rings is 1. The lowest BCUT2D eigenvalue weighted by molar-refractivity contribution is -0.120. The molecule has 2 atom stereocenters. The highest BCUT2D eigenvalue weighted by Crippen LogP contribution is 2.30. The standard InChI is InChI=1S/C17H24N2O3S/c1-13-7-8-14-5-3-4-6-16(14)19(13)17(20)11-18(2)15-9-10-23(21,22)12-15/h3-6,13,15H,7-12H2,1-2H3. The van der Waals surface area contributed by atoms with Crippen molar-refractivity contribution in [3.8, 4) is 0 Å². The van der Waals surface area contributed by atoms with Gasteiger partial charge in [0.05, 0.1) is 18.1 Å². The number of anilines is 1. The molecule has 23 heavy (non-hydrogen) atoms. The van der Waals surface area contributed by atoms with Gasteiger partial charge in [0, 0.05) is 17.8 Å². The first-order valence-electron chi connectivity index (χ1n) is 8.18. The number of fused-ring (bicyclic) bond motifs is 1. The maximum Gasteiger partial charge on any atom is 0.241 e. The van der Waals surface area contributed by atoms with E-state index in [0.717, 1.165) is 18.5 Å². The molecule has 0 bridgehead atoms. The van der Waals surface area contributed by atoms with Crippen molar-refractivity contribution < 1.29 is 13.2 Å². The van der Waals surface area contributed by atoms with E-state index in [1.165, 1.54) is 5.56 Å². The molecule has 126 valence electrons. The van der Waals surface area contributed by atoms with Gasteiger partial charge in [0.1, 0.15) is 0 Å². The zero-order chi connectivity index (χ0) is 16.6. The number of nitrogens with zero attached hydrogens (tertiary/aromatic N) is 2. The van der Waals surface area contributed by atoms with Gasteiger partial charge in [0.15, 0.2) is 9.84 Å². The lowest BCUT2D eigenvalue weighted by Gasteiger charge is -2.36. The van der Waals surface area contributed by atoms with Crippen LogP contribution in [-0.2, 0) is 21.1 Å². The Kier molecular flexibility index (Phi) is 4.47. The summed E-state index contributed by atoms with van der Waals surface area (Å²) in [6, 6.07) is 8.19. The molecule has 1 aromatic carbocycles. The second kappa shape index (κ2) is 6.24. The molecular weight excluding hydrogens is 312 g/mol. The molecule has 1 amide bonds. The lowest BCUT2D eigenvalue weighted by atomic mass is 9.96. The molecular formula is C17H24N2O3S. The number of para-hydroxylation sites is 1. The largest absolute Gasteiger partial charge is 0.308 e. The molecule has 0 aliphatic carbocycles. The molecule has 3 rings (SSSR count). The summed E-state index contributed by atoms with van der Waals surface area (Å²) in [5.74, 6) is 0.457. The van der Waals surface area contributed by atoms with E-state index in [2.05, 4.69) is 13.0 Å². The number of hydrogen-bond acceptors (Lipinski definition) is 4. The summed E-state index contributed by atoms with van der Waals surface area (Å²) in [6.45, 7) is 2.34. The van der Waals surface area contributed by atoms with Gasteiger partial charge in [0.2, 0.25) is 5.91 Å². The summed E-state index contributed by atoms with van der Waals surface area (Å²) in [7, 11) is -1.08. The van der Waals surface area contributed by atoms with Crippen LogP contribution in [0.3, 0.4) is 0 Å². The average Bonchev–Trinajstić information content (AvgIpc) is 2.87. The highest BCUT2D eigenvalue weighted by molar-refractivity contribution is 7.91. The third-order valence-electron chi connectivity index (χ3n) is 5.01. The van der Waals surface area contributed by atoms with E-state index in [9.17, 15) is 13.2 Å². The van der Waals surface area contributed by atoms with Crippen molar-refractivity contribution in [1.29, 1.82) is 0 Å². The Balaban J connectivity index is 1.73. The smallest absolute Gasteiger partial charge is 0.241 e. The van der Waals surface area contributed by atoms with Gasteiger partial charge in [-0.1, -0.05) is 18.2 Å². The van der Waals surface area contributed by atoms with Gasteiger partial charge in [-0.15, -0.1) is 0 Å². The van der Waals surface area contributed by atoms with Crippen LogP contribution < -0.4 is 4.90 Å². The lowest BCUT2D eigenvalue weighted by Crippen LogP contribution is -2.48. The Morgan fingerprint density at radius 2 is 2.04 bits per heavy atom. The van der Waals surface area contributed by atoms with Crippen molar-refractivity contribution in [2.75, 3.05) is 30.0 Å². The maximum atomic E-state index is 12.8. The highest BCUT2D eigenvalue weighted by Gasteiger charge is 2.33. The Morgan fingerprint density at radius 1 is 1.30 bits per heavy atom. The van der Waals surface area contributed by atoms with Crippen molar-refractivity contribution in [2.24, 2.45) is 0 Å². The van der Waals surface area contributed by atoms with E-state index in [4.69, 9.17) is 0 Å². The zero-order valence-corrected chi connectivity index (χ0v) is 14.6. The number of carbonyl (C=O) groups excluding carboxylic acids is 1. The van der Waals surface area contributed by atoms with E-state index in [1.807, 2.05) is 35.0 Å². The molecule has 0 radical (unpaired) electrons. The SMILES string of the molecule is CC1CCc2ccccc2N1C(=O)CN(C)C1CCS(=O)(=O)C1. The van der Waals surface area contributed by atoms with Gasteiger partial charge in [0.25, 0.3) is 0 Å². The normalized spacial score (nSPS) is 26.3. The summed E-state index contributed by atoms with van der Waals surface area (Å²) in [4.78, 5) is 16.6. The predicted octanol–water partition coefficient (Wildman–Crippen LogP) is 1.47. The van der Waals surface area contributed by atoms with E-state index >= 15 is 0 Å². The van der Waals surface area contributed by atoms with Gasteiger partial charge in [-0.2, -0.15) is 0 Å². The molecule has 0 N–H and O–H groups in total. The van der Waals surface area contributed by atoms with E-state index in [0.29, 0.717) is 6.42 Å². The first-order valence-corrected chi connectivity index (χ1v) is 10.00. The van der Waals surface area contributed by atoms with Gasteiger partial charge in [-0.05, 0) is 44.9 Å². The van der Waals surface area contributed by atoms with Crippen molar-refractivity contribution >= 4 is 21.4 Å². The minimum atomic E-state index is -2.93. The Bertz CT molecular complexity index is 702. The third kappa shape index (κ3) is 3.43. The fourth-order valence-corrected chi connectivity index (χ4v) is 5.42. The van der Waals surface area contributed by atoms with Crippen LogP contribution in [0.15, 0.2) is 24.3 Å². The van der Waals surface area contributed by atoms with Crippen LogP contribution in [0, 0.1) is 0 Å². The molecule has 0 saturated carbocycles. The van der Waals surface area contributed by atoms with E-state index in [1.54, 1.807) is 0 Å². The Morgan fingerprint density at radius 3 is 2.74 bits per heavy atom. The minimum Gasteiger partial charge on any atom is -0.308 e. The number of aryl methyl sites for hydroxylation is 1. The van der Waals surface area contributed by atoms with Gasteiger partial charge in [-0.25, -0.2) is 8.42 Å². The topological polar surface area (TPSA) is 57.7 Å². The van der Waals surface area contributed by atoms with Crippen LogP contribution in [0.2, 0.25) is 0 Å². The van der Waals surface area contributed by atoms with E-state index < -0.39 is 9.84 Å². The van der Waals surface area contributed by atoms with Crippen LogP contribution in [0.25, 0.3) is 0 Å². The van der Waals surface area contributed by atoms with Gasteiger partial charge in [-0.3, -0.25) is 9.69 Å². The number of amides is 1. The fourth-order valence-electron chi connectivity index (χ4n) is 3.61. The second-order valence-corrected chi connectivity index (χ2v) is 8.98. The average molecular weight is 336 g/mol. The first kappa shape index (κ1) is 16.5. The monoisotopic (exact) mass is 336 g/mol. The summed E-state index contributed by atoms with van der Waals surface area (Å²) >= 11 is 0. The summed E-state index contributed by atoms with van der Waals surface area (Å²) in [5.41, 5.74) is 2.22. The Hall–Kier alpha value is -1.40. The molecule has 5 nitrogen and oxygen atoms in total. The molecule has 0 spiro atoms. The molecule has 2 unspecified atom stereocenters. The van der Waals surface area contributed by atoms with Crippen molar-refractivity contribution in [2.45, 2.75) is 38.3 Å². The maximum absolute atomic E-state index is 12.8. The first-order chi connectivity index (χ1) is 10.9. The number of carbonyl (C=O) groups is 1. The zero-order valence-electron chi connectivity index (χ0n) is 13.7. The van der Waals surface area contributed by atoms with Crippen molar-refractivity contribution in [3.63, 3.8) is 0 Å². The van der Waals surface area contributed by atoms with Gasteiger partial charge < -0.3 is 4.90 Å². The quantitative estimate of drug-likeness (QED) is 0.839. The second-order valence-electron chi connectivity index (χ2n) is 6.75. The molecule has 1 fully saturated rings. The fraction of sp³-hybridized carbons (Fsp3) is 0.588. The molecule has 2 heterocycles. The summed E-state index contributed by atoms with van der Waals surface area (Å²) < 4.78 is 23.3. The predicted molar refractivity (Wildman–Crippen MR) is 91.4 cm³/mol. The number of sulfone groups is 1. The molecule has 1 aromatic rings. The highest BCUT2D eigenvalue weighted by atomic mass is 32.2. The van der Waals surface area contributed by atoms with Crippen LogP contribution >= 0.6 is 0 Å². The van der Waals surface area contributed by atoms with Crippen LogP contribution in [0.5, 0.6) is 0 Å². The third-order valence-corrected chi connectivity index (χ3v) is 6.76. The van der Waals surface area contributed by atoms with Crippen molar-refractivity contribution in [3.05, 3.63) is 29.8 Å². The number of hydrogen-bond donors (Lipinski definition) is 0. The van der Waals surface area contributed by atoms with E-state index in [-0.39, 0.29) is 36.0 Å². The number of likely N-dealkylation sites (N-methyl/N-ethyl adjacent to an activating group) is 1. The Labute approximate surface area is 138 Å². The molecule has 6 heteroatoms. The van der Waals surface area contributed by atoms with Crippen molar-refractivity contribution in [1.82, 2.24) is 4.90 Å². The minimum absolute atomic E-state index is 0.0423. The van der Waals surface area contributed by atoms with Crippen LogP contribution in [0.1, 0.15) is 25.3 Å². The number of rotatable bonds is 3. The summed E-state index contributed by atoms with van der Waals surface area (Å²) in [6.07, 6.45) is 2.58. The molecule has 2 aliphatic rings. The van der Waals surface area contributed by atoms with Gasteiger partial charge >= 0.3 is 0 Å².